The molecular weight excluding hydrogens is 322 g/mol. The number of pyridine rings is 1. The number of piperidine rings is 1. The van der Waals surface area contributed by atoms with Crippen molar-refractivity contribution < 1.29 is 4.74 Å². The maximum atomic E-state index is 6.10. The molecule has 1 fully saturated rings. The third kappa shape index (κ3) is 4.69. The van der Waals surface area contributed by atoms with Gasteiger partial charge >= 0.3 is 0 Å². The number of ether oxygens (including phenoxy) is 1. The van der Waals surface area contributed by atoms with Crippen LogP contribution in [0, 0.1) is 0 Å². The highest BCUT2D eigenvalue weighted by Gasteiger charge is 2.19. The Morgan fingerprint density at radius 1 is 1.29 bits per heavy atom. The zero-order valence-corrected chi connectivity index (χ0v) is 14.8. The van der Waals surface area contributed by atoms with Crippen molar-refractivity contribution in [3.8, 4) is 5.75 Å². The molecule has 0 unspecified atom stereocenters. The first-order valence-electron chi connectivity index (χ1n) is 8.41. The molecule has 0 atom stereocenters. The first-order chi connectivity index (χ1) is 11.7. The summed E-state index contributed by atoms with van der Waals surface area (Å²) in [5.74, 6) is 0.890. The second-order valence-corrected chi connectivity index (χ2v) is 6.69. The van der Waals surface area contributed by atoms with Gasteiger partial charge < -0.3 is 10.1 Å². The van der Waals surface area contributed by atoms with Crippen molar-refractivity contribution in [2.75, 3.05) is 20.2 Å². The lowest BCUT2D eigenvalue weighted by Gasteiger charge is -2.32. The maximum Gasteiger partial charge on any atom is 0.123 e. The normalized spacial score (nSPS) is 16.2. The highest BCUT2D eigenvalue weighted by Crippen LogP contribution is 2.23. The largest absolute Gasteiger partial charge is 0.496 e. The number of halogens is 1. The molecular formula is C19H24ClN3O. The van der Waals surface area contributed by atoms with Crippen molar-refractivity contribution >= 4 is 11.6 Å². The minimum absolute atomic E-state index is 0.541. The third-order valence-electron chi connectivity index (χ3n) is 4.54. The van der Waals surface area contributed by atoms with Crippen LogP contribution in [-0.4, -0.2) is 36.1 Å². The molecule has 1 aliphatic rings. The van der Waals surface area contributed by atoms with E-state index in [9.17, 15) is 0 Å². The Morgan fingerprint density at radius 2 is 2.12 bits per heavy atom. The van der Waals surface area contributed by atoms with Crippen LogP contribution in [0.15, 0.2) is 42.7 Å². The fourth-order valence-corrected chi connectivity index (χ4v) is 3.38. The summed E-state index contributed by atoms with van der Waals surface area (Å²) in [7, 11) is 1.70. The van der Waals surface area contributed by atoms with E-state index in [-0.39, 0.29) is 0 Å². The molecule has 0 saturated carbocycles. The van der Waals surface area contributed by atoms with Gasteiger partial charge in [0.05, 0.1) is 7.11 Å². The number of nitrogens with zero attached hydrogens (tertiary/aromatic N) is 2. The van der Waals surface area contributed by atoms with Crippen LogP contribution in [-0.2, 0) is 13.1 Å². The van der Waals surface area contributed by atoms with Gasteiger partial charge in [0.1, 0.15) is 5.75 Å². The van der Waals surface area contributed by atoms with Gasteiger partial charge in [-0.05, 0) is 55.8 Å². The van der Waals surface area contributed by atoms with Crippen LogP contribution >= 0.6 is 11.6 Å². The smallest absolute Gasteiger partial charge is 0.123 e. The number of benzene rings is 1. The van der Waals surface area contributed by atoms with Crippen LogP contribution in [0.5, 0.6) is 5.75 Å². The van der Waals surface area contributed by atoms with E-state index in [0.717, 1.165) is 55.4 Å². The van der Waals surface area contributed by atoms with Crippen molar-refractivity contribution in [2.45, 2.75) is 32.0 Å². The van der Waals surface area contributed by atoms with Gasteiger partial charge in [-0.1, -0.05) is 17.7 Å². The minimum atomic E-state index is 0.541. The Hall–Kier alpha value is -1.62. The van der Waals surface area contributed by atoms with E-state index in [1.165, 1.54) is 5.56 Å². The van der Waals surface area contributed by atoms with Crippen LogP contribution in [0.3, 0.4) is 0 Å². The van der Waals surface area contributed by atoms with Gasteiger partial charge in [-0.25, -0.2) is 0 Å². The number of methoxy groups -OCH3 is 1. The Bertz CT molecular complexity index is 642. The summed E-state index contributed by atoms with van der Waals surface area (Å²) < 4.78 is 5.41. The van der Waals surface area contributed by atoms with Crippen molar-refractivity contribution in [1.82, 2.24) is 15.2 Å². The van der Waals surface area contributed by atoms with Crippen LogP contribution in [0.4, 0.5) is 0 Å². The van der Waals surface area contributed by atoms with Gasteiger partial charge in [0, 0.05) is 42.1 Å². The number of likely N-dealkylation sites (tertiary alicyclic amines) is 1. The first kappa shape index (κ1) is 17.2. The van der Waals surface area contributed by atoms with E-state index < -0.39 is 0 Å². The van der Waals surface area contributed by atoms with Crippen LogP contribution in [0.25, 0.3) is 0 Å². The number of hydrogen-bond donors (Lipinski definition) is 1. The predicted octanol–water partition coefficient (Wildman–Crippen LogP) is 3.50. The lowest BCUT2D eigenvalue weighted by molar-refractivity contribution is 0.189. The molecule has 1 saturated heterocycles. The highest BCUT2D eigenvalue weighted by molar-refractivity contribution is 6.30. The van der Waals surface area contributed by atoms with Crippen molar-refractivity contribution in [1.29, 1.82) is 0 Å². The molecule has 3 rings (SSSR count). The number of nitrogens with one attached hydrogen (secondary N) is 1. The summed E-state index contributed by atoms with van der Waals surface area (Å²) in [6, 6.07) is 10.4. The molecule has 0 amide bonds. The first-order valence-corrected chi connectivity index (χ1v) is 8.79. The Morgan fingerprint density at radius 3 is 2.83 bits per heavy atom. The molecule has 1 N–H and O–H groups in total. The topological polar surface area (TPSA) is 37.4 Å². The Labute approximate surface area is 148 Å². The fraction of sp³-hybridized carbons (Fsp3) is 0.421. The van der Waals surface area contributed by atoms with E-state index in [4.69, 9.17) is 16.3 Å². The standard InChI is InChI=1S/C19H24ClN3O/c1-24-19-5-4-17(20)11-16(19)13-22-18-6-9-23(10-7-18)14-15-3-2-8-21-12-15/h2-5,8,11-12,18,22H,6-7,9-10,13-14H2,1H3. The van der Waals surface area contributed by atoms with Crippen LogP contribution < -0.4 is 10.1 Å². The summed E-state index contributed by atoms with van der Waals surface area (Å²) in [4.78, 5) is 6.69. The van der Waals surface area contributed by atoms with Gasteiger partial charge in [0.2, 0.25) is 0 Å². The van der Waals surface area contributed by atoms with Crippen molar-refractivity contribution in [2.24, 2.45) is 0 Å². The summed E-state index contributed by atoms with van der Waals surface area (Å²) in [5, 5.41) is 4.40. The van der Waals surface area contributed by atoms with E-state index in [1.54, 1.807) is 7.11 Å². The molecule has 4 nitrogen and oxygen atoms in total. The van der Waals surface area contributed by atoms with Gasteiger partial charge in [0.15, 0.2) is 0 Å². The van der Waals surface area contributed by atoms with E-state index in [1.807, 2.05) is 36.7 Å². The Kier molecular flexibility index (Phi) is 6.07. The summed E-state index contributed by atoms with van der Waals surface area (Å²) in [6.07, 6.45) is 6.09. The molecule has 24 heavy (non-hydrogen) atoms. The molecule has 1 aromatic heterocycles. The number of rotatable bonds is 6. The summed E-state index contributed by atoms with van der Waals surface area (Å²) >= 11 is 6.10. The van der Waals surface area contributed by atoms with Crippen LogP contribution in [0.2, 0.25) is 5.02 Å². The average Bonchev–Trinajstić information content (AvgIpc) is 2.62. The molecule has 128 valence electrons. The van der Waals surface area contributed by atoms with Gasteiger partial charge in [-0.2, -0.15) is 0 Å². The molecule has 2 aromatic rings. The zero-order valence-electron chi connectivity index (χ0n) is 14.0. The van der Waals surface area contributed by atoms with Gasteiger partial charge in [-0.3, -0.25) is 9.88 Å². The molecule has 0 bridgehead atoms. The zero-order chi connectivity index (χ0) is 16.8. The molecule has 1 aromatic carbocycles. The van der Waals surface area contributed by atoms with E-state index in [0.29, 0.717) is 6.04 Å². The third-order valence-corrected chi connectivity index (χ3v) is 4.78. The Balaban J connectivity index is 1.47. The van der Waals surface area contributed by atoms with Gasteiger partial charge in [-0.15, -0.1) is 0 Å². The molecule has 0 aliphatic carbocycles. The molecule has 0 radical (unpaired) electrons. The maximum absolute atomic E-state index is 6.10. The monoisotopic (exact) mass is 345 g/mol. The fourth-order valence-electron chi connectivity index (χ4n) is 3.18. The quantitative estimate of drug-likeness (QED) is 0.869. The highest BCUT2D eigenvalue weighted by atomic mass is 35.5. The SMILES string of the molecule is COc1ccc(Cl)cc1CNC1CCN(Cc2cccnc2)CC1. The molecule has 0 spiro atoms. The van der Waals surface area contributed by atoms with E-state index >= 15 is 0 Å². The lowest BCUT2D eigenvalue weighted by atomic mass is 10.0. The summed E-state index contributed by atoms with van der Waals surface area (Å²) in [6.45, 7) is 4.00. The number of hydrogen-bond acceptors (Lipinski definition) is 4. The second-order valence-electron chi connectivity index (χ2n) is 6.25. The number of aromatic nitrogens is 1. The summed E-state index contributed by atoms with van der Waals surface area (Å²) in [5.41, 5.74) is 2.40. The second kappa shape index (κ2) is 8.47. The minimum Gasteiger partial charge on any atom is -0.496 e. The van der Waals surface area contributed by atoms with Crippen molar-refractivity contribution in [3.63, 3.8) is 0 Å². The van der Waals surface area contributed by atoms with Gasteiger partial charge in [0.25, 0.3) is 0 Å². The molecule has 2 heterocycles. The molecule has 5 heteroatoms. The van der Waals surface area contributed by atoms with E-state index in [2.05, 4.69) is 21.3 Å². The predicted molar refractivity (Wildman–Crippen MR) is 97.4 cm³/mol. The van der Waals surface area contributed by atoms with Crippen LogP contribution in [0.1, 0.15) is 24.0 Å². The lowest BCUT2D eigenvalue weighted by Crippen LogP contribution is -2.41. The van der Waals surface area contributed by atoms with Crippen molar-refractivity contribution in [3.05, 3.63) is 58.9 Å². The molecule has 1 aliphatic heterocycles. The average molecular weight is 346 g/mol.